The van der Waals surface area contributed by atoms with E-state index in [1.807, 2.05) is 48.9 Å². The van der Waals surface area contributed by atoms with Gasteiger partial charge in [0.15, 0.2) is 0 Å². The number of piperidine rings is 1. The molecule has 1 atom stereocenters. The van der Waals surface area contributed by atoms with E-state index in [2.05, 4.69) is 10.4 Å². The molecule has 2 aromatic rings. The Morgan fingerprint density at radius 1 is 1.27 bits per heavy atom. The monoisotopic (exact) mass is 356 g/mol. The van der Waals surface area contributed by atoms with Crippen LogP contribution < -0.4 is 5.32 Å². The Kier molecular flexibility index (Phi) is 5.25. The van der Waals surface area contributed by atoms with Crippen LogP contribution in [0.1, 0.15) is 29.8 Å². The van der Waals surface area contributed by atoms with Gasteiger partial charge in [-0.3, -0.25) is 4.79 Å². The molecule has 2 amide bonds. The molecular weight excluding hydrogens is 332 g/mol. The van der Waals surface area contributed by atoms with Crippen LogP contribution in [0.25, 0.3) is 5.69 Å². The Morgan fingerprint density at radius 2 is 2.00 bits per heavy atom. The van der Waals surface area contributed by atoms with E-state index in [9.17, 15) is 9.59 Å². The molecule has 138 valence electrons. The number of nitrogens with one attached hydrogen (secondary N) is 1. The Morgan fingerprint density at radius 3 is 2.69 bits per heavy atom. The molecule has 1 aromatic carbocycles. The average Bonchev–Trinajstić information content (AvgIpc) is 2.94. The van der Waals surface area contributed by atoms with Crippen LogP contribution in [0.3, 0.4) is 0 Å². The van der Waals surface area contributed by atoms with Crippen molar-refractivity contribution in [2.45, 2.75) is 33.2 Å². The second-order valence-corrected chi connectivity index (χ2v) is 6.68. The zero-order chi connectivity index (χ0) is 18.7. The fourth-order valence-electron chi connectivity index (χ4n) is 3.39. The van der Waals surface area contributed by atoms with Crippen LogP contribution in [0.2, 0.25) is 0 Å². The van der Waals surface area contributed by atoms with Gasteiger partial charge < -0.3 is 15.3 Å². The summed E-state index contributed by atoms with van der Waals surface area (Å²) >= 11 is 0. The lowest BCUT2D eigenvalue weighted by Gasteiger charge is -2.30. The van der Waals surface area contributed by atoms with E-state index in [4.69, 9.17) is 5.11 Å². The maximum Gasteiger partial charge on any atom is 0.317 e. The maximum atomic E-state index is 12.4. The summed E-state index contributed by atoms with van der Waals surface area (Å²) < 4.78 is 1.87. The minimum Gasteiger partial charge on any atom is -0.481 e. The predicted octanol–water partition coefficient (Wildman–Crippen LogP) is 2.50. The summed E-state index contributed by atoms with van der Waals surface area (Å²) in [5.41, 5.74) is 3.81. The fraction of sp³-hybridized carbons (Fsp3) is 0.421. The Balaban J connectivity index is 1.67. The molecule has 3 rings (SSSR count). The Bertz CT molecular complexity index is 801. The molecule has 0 bridgehead atoms. The number of likely N-dealkylation sites (tertiary alicyclic amines) is 1. The molecule has 0 saturated carbocycles. The van der Waals surface area contributed by atoms with E-state index >= 15 is 0 Å². The lowest BCUT2D eigenvalue weighted by Crippen LogP contribution is -2.46. The maximum absolute atomic E-state index is 12.4. The van der Waals surface area contributed by atoms with Gasteiger partial charge in [0.25, 0.3) is 0 Å². The van der Waals surface area contributed by atoms with Crippen molar-refractivity contribution < 1.29 is 14.7 Å². The van der Waals surface area contributed by atoms with Gasteiger partial charge in [0.2, 0.25) is 0 Å². The second kappa shape index (κ2) is 7.59. The summed E-state index contributed by atoms with van der Waals surface area (Å²) in [6.07, 6.45) is 1.34. The molecule has 2 N–H and O–H groups in total. The Labute approximate surface area is 152 Å². The molecule has 7 nitrogen and oxygen atoms in total. The van der Waals surface area contributed by atoms with E-state index in [0.29, 0.717) is 25.9 Å². The van der Waals surface area contributed by atoms with Crippen molar-refractivity contribution in [1.29, 1.82) is 0 Å². The van der Waals surface area contributed by atoms with Gasteiger partial charge in [-0.05, 0) is 38.8 Å². The SMILES string of the molecule is Cc1nn(-c2ccccc2)c(C)c1CNC(=O)N1CCCC(C(=O)O)C1. The molecule has 7 heteroatoms. The molecule has 1 unspecified atom stereocenters. The van der Waals surface area contributed by atoms with E-state index in [1.54, 1.807) is 4.90 Å². The van der Waals surface area contributed by atoms with E-state index in [1.165, 1.54) is 0 Å². The van der Waals surface area contributed by atoms with Crippen molar-refractivity contribution >= 4 is 12.0 Å². The van der Waals surface area contributed by atoms with Gasteiger partial charge in [0.05, 0.1) is 17.3 Å². The van der Waals surface area contributed by atoms with Gasteiger partial charge in [0.1, 0.15) is 0 Å². The number of amides is 2. The first kappa shape index (κ1) is 18.0. The molecule has 1 saturated heterocycles. The predicted molar refractivity (Wildman–Crippen MR) is 97.2 cm³/mol. The molecule has 1 aliphatic heterocycles. The van der Waals surface area contributed by atoms with Gasteiger partial charge in [-0.15, -0.1) is 0 Å². The Hall–Kier alpha value is -2.83. The third-order valence-electron chi connectivity index (χ3n) is 4.92. The number of hydrogen-bond acceptors (Lipinski definition) is 3. The molecule has 2 heterocycles. The summed E-state index contributed by atoms with van der Waals surface area (Å²) in [5, 5.41) is 16.7. The number of rotatable bonds is 4. The van der Waals surface area contributed by atoms with Crippen molar-refractivity contribution in [3.63, 3.8) is 0 Å². The van der Waals surface area contributed by atoms with Crippen LogP contribution in [0.15, 0.2) is 30.3 Å². The van der Waals surface area contributed by atoms with Crippen molar-refractivity contribution in [2.24, 2.45) is 5.92 Å². The number of benzene rings is 1. The van der Waals surface area contributed by atoms with Crippen LogP contribution in [0, 0.1) is 19.8 Å². The number of aryl methyl sites for hydroxylation is 1. The number of carbonyl (C=O) groups excluding carboxylic acids is 1. The smallest absolute Gasteiger partial charge is 0.317 e. The van der Waals surface area contributed by atoms with Crippen molar-refractivity contribution in [2.75, 3.05) is 13.1 Å². The lowest BCUT2D eigenvalue weighted by molar-refractivity contribution is -0.143. The number of nitrogens with zero attached hydrogens (tertiary/aromatic N) is 3. The third kappa shape index (κ3) is 3.71. The second-order valence-electron chi connectivity index (χ2n) is 6.68. The molecule has 1 aromatic heterocycles. The number of aromatic nitrogens is 2. The van der Waals surface area contributed by atoms with Crippen LogP contribution in [-0.2, 0) is 11.3 Å². The molecule has 0 aliphatic carbocycles. The third-order valence-corrected chi connectivity index (χ3v) is 4.92. The first-order valence-corrected chi connectivity index (χ1v) is 8.83. The van der Waals surface area contributed by atoms with Crippen LogP contribution in [0.4, 0.5) is 4.79 Å². The lowest BCUT2D eigenvalue weighted by atomic mass is 9.99. The van der Waals surface area contributed by atoms with Crippen LogP contribution >= 0.6 is 0 Å². The minimum atomic E-state index is -0.835. The van der Waals surface area contributed by atoms with Gasteiger partial charge in [-0.25, -0.2) is 9.48 Å². The number of carboxylic acids is 1. The van der Waals surface area contributed by atoms with Gasteiger partial charge in [-0.2, -0.15) is 5.10 Å². The highest BCUT2D eigenvalue weighted by Gasteiger charge is 2.28. The summed E-state index contributed by atoms with van der Waals surface area (Å²) in [6.45, 7) is 5.14. The molecule has 0 spiro atoms. The van der Waals surface area contributed by atoms with E-state index < -0.39 is 11.9 Å². The number of urea groups is 1. The average molecular weight is 356 g/mol. The quantitative estimate of drug-likeness (QED) is 0.881. The molecule has 1 fully saturated rings. The highest BCUT2D eigenvalue weighted by Crippen LogP contribution is 2.19. The summed E-state index contributed by atoms with van der Waals surface area (Å²) in [7, 11) is 0. The van der Waals surface area contributed by atoms with Crippen molar-refractivity contribution in [1.82, 2.24) is 20.0 Å². The van der Waals surface area contributed by atoms with Crippen molar-refractivity contribution in [3.8, 4) is 5.69 Å². The molecule has 1 aliphatic rings. The first-order valence-electron chi connectivity index (χ1n) is 8.83. The zero-order valence-corrected chi connectivity index (χ0v) is 15.1. The van der Waals surface area contributed by atoms with Crippen LogP contribution in [0.5, 0.6) is 0 Å². The molecule has 26 heavy (non-hydrogen) atoms. The number of hydrogen-bond donors (Lipinski definition) is 2. The molecular formula is C19H24N4O3. The normalized spacial score (nSPS) is 17.2. The summed E-state index contributed by atoms with van der Waals surface area (Å²) in [6, 6.07) is 9.63. The highest BCUT2D eigenvalue weighted by atomic mass is 16.4. The fourth-order valence-corrected chi connectivity index (χ4v) is 3.39. The van der Waals surface area contributed by atoms with Crippen LogP contribution in [-0.4, -0.2) is 44.9 Å². The van der Waals surface area contributed by atoms with Gasteiger partial charge in [0, 0.05) is 30.9 Å². The number of aliphatic carboxylic acids is 1. The minimum absolute atomic E-state index is 0.220. The van der Waals surface area contributed by atoms with E-state index in [-0.39, 0.29) is 12.6 Å². The van der Waals surface area contributed by atoms with Gasteiger partial charge in [-0.1, -0.05) is 18.2 Å². The highest BCUT2D eigenvalue weighted by molar-refractivity contribution is 5.76. The van der Waals surface area contributed by atoms with Crippen molar-refractivity contribution in [3.05, 3.63) is 47.3 Å². The summed E-state index contributed by atoms with van der Waals surface area (Å²) in [5.74, 6) is -1.31. The number of carbonyl (C=O) groups is 2. The first-order chi connectivity index (χ1) is 12.5. The van der Waals surface area contributed by atoms with Gasteiger partial charge >= 0.3 is 12.0 Å². The largest absolute Gasteiger partial charge is 0.481 e. The summed E-state index contributed by atoms with van der Waals surface area (Å²) in [4.78, 5) is 25.2. The molecule has 0 radical (unpaired) electrons. The number of para-hydroxylation sites is 1. The topological polar surface area (TPSA) is 87.5 Å². The van der Waals surface area contributed by atoms with E-state index in [0.717, 1.165) is 22.6 Å². The number of carboxylic acid groups (broad SMARTS) is 1. The zero-order valence-electron chi connectivity index (χ0n) is 15.1. The standard InChI is InChI=1S/C19H24N4O3/c1-13-17(14(2)23(21-13)16-8-4-3-5-9-16)11-20-19(26)22-10-6-7-15(12-22)18(24)25/h3-5,8-9,15H,6-7,10-12H2,1-2H3,(H,20,26)(H,24,25).